The van der Waals surface area contributed by atoms with Gasteiger partial charge in [-0.2, -0.15) is 5.10 Å². The van der Waals surface area contributed by atoms with Crippen LogP contribution in [-0.2, 0) is 0 Å². The molecule has 2 aromatic rings. The molecule has 92 valence electrons. The Kier molecular flexibility index (Phi) is 3.64. The Balaban J connectivity index is 2.13. The number of aromatic carboxylic acids is 1. The fourth-order valence-electron chi connectivity index (χ4n) is 1.27. The number of benzene rings is 1. The van der Waals surface area contributed by atoms with E-state index in [1.54, 1.807) is 12.1 Å². The molecule has 0 aliphatic rings. The summed E-state index contributed by atoms with van der Waals surface area (Å²) in [5.41, 5.74) is 3.21. The van der Waals surface area contributed by atoms with Gasteiger partial charge in [0, 0.05) is 0 Å². The van der Waals surface area contributed by atoms with E-state index in [0.29, 0.717) is 16.5 Å². The van der Waals surface area contributed by atoms with Crippen LogP contribution in [-0.4, -0.2) is 17.3 Å². The molecule has 1 aromatic heterocycles. The predicted octanol–water partition coefficient (Wildman–Crippen LogP) is 3.08. The first kappa shape index (κ1) is 12.2. The zero-order chi connectivity index (χ0) is 13.0. The summed E-state index contributed by atoms with van der Waals surface area (Å²) in [5, 5.41) is 13.1. The Morgan fingerprint density at radius 1 is 1.44 bits per heavy atom. The number of anilines is 1. The van der Waals surface area contributed by atoms with E-state index < -0.39 is 5.97 Å². The molecule has 0 aliphatic carbocycles. The average Bonchev–Trinajstić information content (AvgIpc) is 2.84. The summed E-state index contributed by atoms with van der Waals surface area (Å²) in [6, 6.07) is 7.80. The zero-order valence-corrected chi connectivity index (χ0v) is 9.89. The number of furan rings is 1. The number of carboxylic acids is 1. The van der Waals surface area contributed by atoms with Crippen molar-refractivity contribution in [3.8, 4) is 0 Å². The molecule has 0 fully saturated rings. The van der Waals surface area contributed by atoms with E-state index in [-0.39, 0.29) is 5.56 Å². The van der Waals surface area contributed by atoms with Crippen molar-refractivity contribution in [2.75, 3.05) is 5.43 Å². The molecule has 0 saturated carbocycles. The van der Waals surface area contributed by atoms with Gasteiger partial charge in [0.05, 0.1) is 28.8 Å². The molecule has 0 radical (unpaired) electrons. The summed E-state index contributed by atoms with van der Waals surface area (Å²) in [7, 11) is 0. The second-order valence-electron chi connectivity index (χ2n) is 3.39. The number of carboxylic acid groups (broad SMARTS) is 1. The van der Waals surface area contributed by atoms with Gasteiger partial charge < -0.3 is 9.52 Å². The van der Waals surface area contributed by atoms with Gasteiger partial charge in [0.1, 0.15) is 5.76 Å². The third kappa shape index (κ3) is 2.89. The topological polar surface area (TPSA) is 74.8 Å². The highest BCUT2D eigenvalue weighted by atomic mass is 35.5. The monoisotopic (exact) mass is 264 g/mol. The molecule has 1 aromatic carbocycles. The van der Waals surface area contributed by atoms with Gasteiger partial charge in [-0.05, 0) is 30.3 Å². The van der Waals surface area contributed by atoms with Crippen LogP contribution in [0.1, 0.15) is 16.1 Å². The predicted molar refractivity (Wildman–Crippen MR) is 68.3 cm³/mol. The summed E-state index contributed by atoms with van der Waals surface area (Å²) in [5.74, 6) is -0.447. The normalized spacial score (nSPS) is 10.7. The molecule has 18 heavy (non-hydrogen) atoms. The van der Waals surface area contributed by atoms with E-state index in [9.17, 15) is 4.79 Å². The number of hydrogen-bond acceptors (Lipinski definition) is 4. The van der Waals surface area contributed by atoms with E-state index in [0.717, 1.165) is 0 Å². The molecule has 6 heteroatoms. The van der Waals surface area contributed by atoms with Gasteiger partial charge in [0.25, 0.3) is 0 Å². The first-order valence-electron chi connectivity index (χ1n) is 5.02. The molecule has 2 N–H and O–H groups in total. The maximum atomic E-state index is 10.8. The van der Waals surface area contributed by atoms with Crippen molar-refractivity contribution in [2.45, 2.75) is 0 Å². The van der Waals surface area contributed by atoms with Crippen LogP contribution in [0.2, 0.25) is 5.02 Å². The van der Waals surface area contributed by atoms with E-state index in [2.05, 4.69) is 10.5 Å². The zero-order valence-electron chi connectivity index (χ0n) is 9.13. The molecular weight excluding hydrogens is 256 g/mol. The van der Waals surface area contributed by atoms with E-state index in [1.165, 1.54) is 30.7 Å². The molecule has 0 atom stereocenters. The first-order chi connectivity index (χ1) is 8.66. The Hall–Kier alpha value is -2.27. The quantitative estimate of drug-likeness (QED) is 0.657. The average molecular weight is 265 g/mol. The van der Waals surface area contributed by atoms with Crippen molar-refractivity contribution in [1.29, 1.82) is 0 Å². The molecule has 5 nitrogen and oxygen atoms in total. The largest absolute Gasteiger partial charge is 0.478 e. The molecule has 1 heterocycles. The van der Waals surface area contributed by atoms with Gasteiger partial charge in [-0.15, -0.1) is 0 Å². The smallest absolute Gasteiger partial charge is 0.335 e. The van der Waals surface area contributed by atoms with Crippen molar-refractivity contribution < 1.29 is 14.3 Å². The molecule has 0 bridgehead atoms. The Bertz CT molecular complexity index is 579. The molecular formula is C12H9ClN2O3. The van der Waals surface area contributed by atoms with Gasteiger partial charge in [-0.3, -0.25) is 5.43 Å². The minimum Gasteiger partial charge on any atom is -0.478 e. The summed E-state index contributed by atoms with van der Waals surface area (Å²) in [4.78, 5) is 10.8. The number of hydrazone groups is 1. The fourth-order valence-corrected chi connectivity index (χ4v) is 1.43. The van der Waals surface area contributed by atoms with Crippen LogP contribution in [0.4, 0.5) is 5.69 Å². The number of nitrogens with zero attached hydrogens (tertiary/aromatic N) is 1. The van der Waals surface area contributed by atoms with Crippen molar-refractivity contribution in [1.82, 2.24) is 0 Å². The second kappa shape index (κ2) is 5.37. The number of halogens is 1. The third-order valence-corrected chi connectivity index (χ3v) is 2.46. The first-order valence-corrected chi connectivity index (χ1v) is 5.40. The van der Waals surface area contributed by atoms with E-state index in [4.69, 9.17) is 21.1 Å². The molecule has 0 saturated heterocycles. The highest BCUT2D eigenvalue weighted by molar-refractivity contribution is 6.33. The van der Waals surface area contributed by atoms with E-state index >= 15 is 0 Å². The number of carbonyl (C=O) groups is 1. The minimum absolute atomic E-state index is 0.134. The van der Waals surface area contributed by atoms with Crippen LogP contribution in [0.5, 0.6) is 0 Å². The van der Waals surface area contributed by atoms with Crippen molar-refractivity contribution in [3.05, 3.63) is 52.9 Å². The SMILES string of the molecule is O=C(O)c1ccc(Cl)c(N/N=C\c2ccco2)c1. The molecule has 0 unspecified atom stereocenters. The lowest BCUT2D eigenvalue weighted by molar-refractivity contribution is 0.0697. The summed E-state index contributed by atoms with van der Waals surface area (Å²) < 4.78 is 5.05. The highest BCUT2D eigenvalue weighted by Crippen LogP contribution is 2.23. The Morgan fingerprint density at radius 2 is 2.28 bits per heavy atom. The number of hydrogen-bond donors (Lipinski definition) is 2. The molecule has 2 rings (SSSR count). The fraction of sp³-hybridized carbons (Fsp3) is 0. The highest BCUT2D eigenvalue weighted by Gasteiger charge is 2.06. The Labute approximate surface area is 108 Å². The summed E-state index contributed by atoms with van der Waals surface area (Å²) >= 11 is 5.91. The van der Waals surface area contributed by atoms with Crippen molar-refractivity contribution in [2.24, 2.45) is 5.10 Å². The van der Waals surface area contributed by atoms with Gasteiger partial charge in [0.2, 0.25) is 0 Å². The van der Waals surface area contributed by atoms with Crippen LogP contribution in [0.25, 0.3) is 0 Å². The molecule has 0 spiro atoms. The lowest BCUT2D eigenvalue weighted by Crippen LogP contribution is -1.98. The van der Waals surface area contributed by atoms with E-state index in [1.807, 2.05) is 0 Å². The van der Waals surface area contributed by atoms with Crippen LogP contribution < -0.4 is 5.43 Å². The van der Waals surface area contributed by atoms with Crippen LogP contribution in [0.15, 0.2) is 46.1 Å². The number of nitrogens with one attached hydrogen (secondary N) is 1. The van der Waals surface area contributed by atoms with Gasteiger partial charge >= 0.3 is 5.97 Å². The standard InChI is InChI=1S/C12H9ClN2O3/c13-10-4-3-8(12(16)17)6-11(10)15-14-7-9-2-1-5-18-9/h1-7,15H,(H,16,17)/b14-7-. The summed E-state index contributed by atoms with van der Waals surface area (Å²) in [6.07, 6.45) is 2.99. The second-order valence-corrected chi connectivity index (χ2v) is 3.79. The van der Waals surface area contributed by atoms with Crippen molar-refractivity contribution in [3.63, 3.8) is 0 Å². The lowest BCUT2D eigenvalue weighted by atomic mass is 10.2. The lowest BCUT2D eigenvalue weighted by Gasteiger charge is -2.04. The summed E-state index contributed by atoms with van der Waals surface area (Å²) in [6.45, 7) is 0. The number of rotatable bonds is 4. The van der Waals surface area contributed by atoms with Gasteiger partial charge in [0.15, 0.2) is 0 Å². The maximum Gasteiger partial charge on any atom is 0.335 e. The van der Waals surface area contributed by atoms with Crippen LogP contribution in [0, 0.1) is 0 Å². The van der Waals surface area contributed by atoms with Crippen LogP contribution >= 0.6 is 11.6 Å². The molecule has 0 amide bonds. The maximum absolute atomic E-state index is 10.8. The molecule has 0 aliphatic heterocycles. The minimum atomic E-state index is -1.02. The van der Waals surface area contributed by atoms with Gasteiger partial charge in [-0.25, -0.2) is 4.79 Å². The van der Waals surface area contributed by atoms with Crippen molar-refractivity contribution >= 4 is 29.5 Å². The van der Waals surface area contributed by atoms with Crippen LogP contribution in [0.3, 0.4) is 0 Å². The Morgan fingerprint density at radius 3 is 2.94 bits per heavy atom. The van der Waals surface area contributed by atoms with Gasteiger partial charge in [-0.1, -0.05) is 11.6 Å². The third-order valence-electron chi connectivity index (χ3n) is 2.13.